The maximum absolute atomic E-state index is 13.9. The van der Waals surface area contributed by atoms with Gasteiger partial charge in [0.25, 0.3) is 0 Å². The third-order valence-corrected chi connectivity index (χ3v) is 3.35. The first-order valence-corrected chi connectivity index (χ1v) is 6.67. The van der Waals surface area contributed by atoms with Crippen molar-refractivity contribution in [1.82, 2.24) is 5.32 Å². The fourth-order valence-corrected chi connectivity index (χ4v) is 2.39. The number of benzene rings is 1. The minimum atomic E-state index is -0.143. The second-order valence-corrected chi connectivity index (χ2v) is 4.69. The van der Waals surface area contributed by atoms with E-state index in [1.807, 2.05) is 6.07 Å². The summed E-state index contributed by atoms with van der Waals surface area (Å²) >= 11 is 0. The molecule has 0 amide bonds. The molecule has 0 aromatic heterocycles. The summed E-state index contributed by atoms with van der Waals surface area (Å²) in [4.78, 5) is 2.26. The molecule has 18 heavy (non-hydrogen) atoms. The van der Waals surface area contributed by atoms with Gasteiger partial charge in [-0.05, 0) is 37.9 Å². The largest absolute Gasteiger partial charge is 0.396 e. The van der Waals surface area contributed by atoms with Crippen LogP contribution in [0, 0.1) is 5.82 Å². The van der Waals surface area contributed by atoms with E-state index in [0.29, 0.717) is 19.5 Å². The second-order valence-electron chi connectivity index (χ2n) is 4.69. The van der Waals surface area contributed by atoms with Crippen LogP contribution in [0.5, 0.6) is 0 Å². The molecule has 0 unspecified atom stereocenters. The van der Waals surface area contributed by atoms with Gasteiger partial charge in [-0.3, -0.25) is 0 Å². The van der Waals surface area contributed by atoms with Crippen LogP contribution >= 0.6 is 0 Å². The number of hydrogen-bond donors (Lipinski definition) is 2. The fourth-order valence-electron chi connectivity index (χ4n) is 2.39. The summed E-state index contributed by atoms with van der Waals surface area (Å²) < 4.78 is 13.9. The van der Waals surface area contributed by atoms with Gasteiger partial charge in [0.2, 0.25) is 0 Å². The molecule has 0 spiro atoms. The molecular weight excluding hydrogens is 231 g/mol. The van der Waals surface area contributed by atoms with E-state index in [2.05, 4.69) is 10.2 Å². The van der Waals surface area contributed by atoms with Crippen molar-refractivity contribution < 1.29 is 9.50 Å². The number of nitrogens with one attached hydrogen (secondary N) is 1. The van der Waals surface area contributed by atoms with Crippen LogP contribution in [0.1, 0.15) is 24.8 Å². The third-order valence-electron chi connectivity index (χ3n) is 3.35. The number of aliphatic hydroxyl groups is 1. The molecular formula is C14H21FN2O. The molecule has 3 nitrogen and oxygen atoms in total. The minimum absolute atomic E-state index is 0.143. The molecule has 1 aromatic carbocycles. The molecule has 1 fully saturated rings. The van der Waals surface area contributed by atoms with E-state index < -0.39 is 0 Å². The fraction of sp³-hybridized carbons (Fsp3) is 0.571. The smallest absolute Gasteiger partial charge is 0.129 e. The summed E-state index contributed by atoms with van der Waals surface area (Å²) in [6.07, 6.45) is 3.08. The summed E-state index contributed by atoms with van der Waals surface area (Å²) in [7, 11) is 0. The van der Waals surface area contributed by atoms with Crippen LogP contribution in [-0.2, 0) is 6.54 Å². The van der Waals surface area contributed by atoms with Crippen LogP contribution < -0.4 is 10.2 Å². The maximum Gasteiger partial charge on any atom is 0.129 e. The van der Waals surface area contributed by atoms with E-state index in [9.17, 15) is 4.39 Å². The maximum atomic E-state index is 13.9. The molecule has 1 aromatic rings. The van der Waals surface area contributed by atoms with E-state index in [0.717, 1.165) is 24.3 Å². The van der Waals surface area contributed by atoms with E-state index in [1.165, 1.54) is 18.9 Å². The molecule has 2 rings (SSSR count). The highest BCUT2D eigenvalue weighted by atomic mass is 19.1. The molecule has 1 heterocycles. The van der Waals surface area contributed by atoms with E-state index >= 15 is 0 Å². The molecule has 100 valence electrons. The highest BCUT2D eigenvalue weighted by Crippen LogP contribution is 2.26. The van der Waals surface area contributed by atoms with E-state index in [-0.39, 0.29) is 12.4 Å². The SMILES string of the molecule is OCCCNCc1c(F)cccc1N1CCCC1. The number of halogens is 1. The number of hydrogen-bond acceptors (Lipinski definition) is 3. The van der Waals surface area contributed by atoms with Crippen molar-refractivity contribution in [2.45, 2.75) is 25.8 Å². The van der Waals surface area contributed by atoms with Crippen molar-refractivity contribution in [3.05, 3.63) is 29.6 Å². The zero-order valence-corrected chi connectivity index (χ0v) is 10.7. The molecule has 1 aliphatic heterocycles. The molecule has 2 N–H and O–H groups in total. The Hall–Kier alpha value is -1.13. The summed E-state index contributed by atoms with van der Waals surface area (Å²) in [5.74, 6) is -0.143. The first kappa shape index (κ1) is 13.3. The van der Waals surface area contributed by atoms with Gasteiger partial charge in [-0.1, -0.05) is 6.07 Å². The molecule has 1 saturated heterocycles. The second kappa shape index (κ2) is 6.71. The lowest BCUT2D eigenvalue weighted by atomic mass is 10.1. The van der Waals surface area contributed by atoms with Gasteiger partial charge in [-0.2, -0.15) is 0 Å². The van der Waals surface area contributed by atoms with Gasteiger partial charge in [-0.25, -0.2) is 4.39 Å². The molecule has 0 atom stereocenters. The Morgan fingerprint density at radius 1 is 1.28 bits per heavy atom. The van der Waals surface area contributed by atoms with Crippen molar-refractivity contribution >= 4 is 5.69 Å². The van der Waals surface area contributed by atoms with Gasteiger partial charge in [0.05, 0.1) is 0 Å². The quantitative estimate of drug-likeness (QED) is 0.759. The van der Waals surface area contributed by atoms with Crippen LogP contribution in [0.3, 0.4) is 0 Å². The predicted octanol–water partition coefficient (Wildman–Crippen LogP) is 1.90. The van der Waals surface area contributed by atoms with Gasteiger partial charge >= 0.3 is 0 Å². The lowest BCUT2D eigenvalue weighted by molar-refractivity contribution is 0.286. The lowest BCUT2D eigenvalue weighted by Gasteiger charge is -2.22. The Morgan fingerprint density at radius 2 is 2.06 bits per heavy atom. The zero-order chi connectivity index (χ0) is 12.8. The Bertz CT molecular complexity index is 378. The van der Waals surface area contributed by atoms with Crippen LogP contribution in [0.15, 0.2) is 18.2 Å². The molecule has 4 heteroatoms. The molecule has 0 bridgehead atoms. The van der Waals surface area contributed by atoms with Crippen molar-refractivity contribution in [2.75, 3.05) is 31.1 Å². The zero-order valence-electron chi connectivity index (χ0n) is 10.7. The number of aliphatic hydroxyl groups excluding tert-OH is 1. The molecule has 0 aliphatic carbocycles. The number of nitrogens with zero attached hydrogens (tertiary/aromatic N) is 1. The third kappa shape index (κ3) is 3.21. The summed E-state index contributed by atoms with van der Waals surface area (Å²) in [6, 6.07) is 5.29. The standard InChI is InChI=1S/C14H21FN2O/c15-13-5-3-6-14(17-8-1-2-9-17)12(13)11-16-7-4-10-18/h3,5-6,16,18H,1-2,4,7-11H2. The predicted molar refractivity (Wildman–Crippen MR) is 71.3 cm³/mol. The minimum Gasteiger partial charge on any atom is -0.396 e. The topological polar surface area (TPSA) is 35.5 Å². The molecule has 0 saturated carbocycles. The molecule has 0 radical (unpaired) electrons. The van der Waals surface area contributed by atoms with Gasteiger partial charge in [0.1, 0.15) is 5.82 Å². The van der Waals surface area contributed by atoms with Crippen molar-refractivity contribution in [3.8, 4) is 0 Å². The Kier molecular flexibility index (Phi) is 4.96. The number of anilines is 1. The average Bonchev–Trinajstić information content (AvgIpc) is 2.89. The van der Waals surface area contributed by atoms with Crippen LogP contribution in [0.4, 0.5) is 10.1 Å². The Labute approximate surface area is 108 Å². The summed E-state index contributed by atoms with van der Waals surface area (Å²) in [5.41, 5.74) is 1.77. The normalized spacial score (nSPS) is 15.3. The van der Waals surface area contributed by atoms with E-state index in [4.69, 9.17) is 5.11 Å². The Morgan fingerprint density at radius 3 is 2.78 bits per heavy atom. The first-order valence-electron chi connectivity index (χ1n) is 6.67. The van der Waals surface area contributed by atoms with Gasteiger partial charge in [0.15, 0.2) is 0 Å². The number of rotatable bonds is 6. The van der Waals surface area contributed by atoms with E-state index in [1.54, 1.807) is 6.07 Å². The van der Waals surface area contributed by atoms with Gasteiger partial charge in [0, 0.05) is 37.5 Å². The highest BCUT2D eigenvalue weighted by molar-refractivity contribution is 5.54. The summed E-state index contributed by atoms with van der Waals surface area (Å²) in [5, 5.41) is 11.9. The van der Waals surface area contributed by atoms with Crippen LogP contribution in [0.25, 0.3) is 0 Å². The lowest BCUT2D eigenvalue weighted by Crippen LogP contribution is -2.23. The first-order chi connectivity index (χ1) is 8.83. The van der Waals surface area contributed by atoms with Crippen molar-refractivity contribution in [1.29, 1.82) is 0 Å². The van der Waals surface area contributed by atoms with Crippen molar-refractivity contribution in [2.24, 2.45) is 0 Å². The van der Waals surface area contributed by atoms with Crippen LogP contribution in [0.2, 0.25) is 0 Å². The van der Waals surface area contributed by atoms with Gasteiger partial charge < -0.3 is 15.3 Å². The van der Waals surface area contributed by atoms with Crippen molar-refractivity contribution in [3.63, 3.8) is 0 Å². The molecule has 1 aliphatic rings. The highest BCUT2D eigenvalue weighted by Gasteiger charge is 2.17. The average molecular weight is 252 g/mol. The Balaban J connectivity index is 2.06. The van der Waals surface area contributed by atoms with Crippen LogP contribution in [-0.4, -0.2) is 31.3 Å². The van der Waals surface area contributed by atoms with Gasteiger partial charge in [-0.15, -0.1) is 0 Å². The summed E-state index contributed by atoms with van der Waals surface area (Å²) in [6.45, 7) is 3.45. The monoisotopic (exact) mass is 252 g/mol.